The van der Waals surface area contributed by atoms with Crippen molar-refractivity contribution in [3.05, 3.63) is 29.8 Å². The van der Waals surface area contributed by atoms with Crippen LogP contribution in [0.5, 0.6) is 0 Å². The van der Waals surface area contributed by atoms with Crippen LogP contribution in [-0.4, -0.2) is 33.5 Å². The van der Waals surface area contributed by atoms with Gasteiger partial charge in [0.15, 0.2) is 0 Å². The first-order valence-electron chi connectivity index (χ1n) is 6.97. The molecule has 1 atom stereocenters. The number of rotatable bonds is 3. The quantitative estimate of drug-likeness (QED) is 0.921. The number of sulfonamides is 1. The molecular weight excluding hydrogens is 276 g/mol. The third-order valence-electron chi connectivity index (χ3n) is 3.72. The smallest absolute Gasteiger partial charge is 0.286 e. The lowest BCUT2D eigenvalue weighted by Gasteiger charge is -2.23. The van der Waals surface area contributed by atoms with Gasteiger partial charge in [0.25, 0.3) is 10.0 Å². The predicted octanol–water partition coefficient (Wildman–Crippen LogP) is 1.68. The van der Waals surface area contributed by atoms with Crippen LogP contribution in [0.4, 0.5) is 0 Å². The first-order valence-corrected chi connectivity index (χ1v) is 8.41. The van der Waals surface area contributed by atoms with Crippen molar-refractivity contribution in [2.45, 2.75) is 36.6 Å². The van der Waals surface area contributed by atoms with Crippen molar-refractivity contribution in [1.82, 2.24) is 5.32 Å². The number of benzene rings is 1. The van der Waals surface area contributed by atoms with Crippen LogP contribution in [-0.2, 0) is 14.8 Å². The number of hydrogen-bond acceptors (Lipinski definition) is 4. The second kappa shape index (κ2) is 5.54. The fourth-order valence-electron chi connectivity index (χ4n) is 2.65. The van der Waals surface area contributed by atoms with Gasteiger partial charge in [-0.05, 0) is 37.9 Å². The SMILES string of the molecule is O=S1(=O)N=C(OCCC2CCCCN2)c2ccccc21. The van der Waals surface area contributed by atoms with Crippen molar-refractivity contribution in [3.8, 4) is 0 Å². The maximum absolute atomic E-state index is 11.8. The minimum Gasteiger partial charge on any atom is -0.477 e. The average molecular weight is 294 g/mol. The summed E-state index contributed by atoms with van der Waals surface area (Å²) in [7, 11) is -3.56. The van der Waals surface area contributed by atoms with E-state index in [4.69, 9.17) is 4.74 Å². The molecule has 0 radical (unpaired) electrons. The molecule has 0 aliphatic carbocycles. The van der Waals surface area contributed by atoms with Gasteiger partial charge in [-0.15, -0.1) is 4.40 Å². The van der Waals surface area contributed by atoms with E-state index in [2.05, 4.69) is 9.71 Å². The van der Waals surface area contributed by atoms with E-state index >= 15 is 0 Å². The molecule has 6 heteroatoms. The van der Waals surface area contributed by atoms with Gasteiger partial charge in [-0.25, -0.2) is 0 Å². The molecule has 2 heterocycles. The predicted molar refractivity (Wildman–Crippen MR) is 76.4 cm³/mol. The molecule has 5 nitrogen and oxygen atoms in total. The lowest BCUT2D eigenvalue weighted by Crippen LogP contribution is -2.35. The Morgan fingerprint density at radius 2 is 2.15 bits per heavy atom. The molecule has 2 aliphatic heterocycles. The monoisotopic (exact) mass is 294 g/mol. The second-order valence-corrected chi connectivity index (χ2v) is 6.72. The van der Waals surface area contributed by atoms with Crippen LogP contribution >= 0.6 is 0 Å². The Bertz CT molecular complexity index is 619. The first kappa shape index (κ1) is 13.6. The summed E-state index contributed by atoms with van der Waals surface area (Å²) < 4.78 is 33.0. The lowest BCUT2D eigenvalue weighted by atomic mass is 10.0. The van der Waals surface area contributed by atoms with E-state index in [1.807, 2.05) is 0 Å². The van der Waals surface area contributed by atoms with Gasteiger partial charge in [0.2, 0.25) is 5.90 Å². The summed E-state index contributed by atoms with van der Waals surface area (Å²) in [5, 5.41) is 3.44. The first-order chi connectivity index (χ1) is 9.67. The minimum atomic E-state index is -3.56. The van der Waals surface area contributed by atoms with Crippen molar-refractivity contribution in [2.75, 3.05) is 13.2 Å². The highest BCUT2D eigenvalue weighted by atomic mass is 32.2. The van der Waals surface area contributed by atoms with Gasteiger partial charge in [0.05, 0.1) is 12.2 Å². The van der Waals surface area contributed by atoms with E-state index < -0.39 is 10.0 Å². The second-order valence-electron chi connectivity index (χ2n) is 5.15. The summed E-state index contributed by atoms with van der Waals surface area (Å²) in [4.78, 5) is 0.241. The van der Waals surface area contributed by atoms with Gasteiger partial charge < -0.3 is 10.1 Å². The Morgan fingerprint density at radius 3 is 2.95 bits per heavy atom. The van der Waals surface area contributed by atoms with E-state index in [-0.39, 0.29) is 10.8 Å². The van der Waals surface area contributed by atoms with Crippen LogP contribution in [0.1, 0.15) is 31.2 Å². The molecule has 0 amide bonds. The maximum atomic E-state index is 11.8. The fourth-order valence-corrected chi connectivity index (χ4v) is 3.80. The van der Waals surface area contributed by atoms with Crippen molar-refractivity contribution < 1.29 is 13.2 Å². The van der Waals surface area contributed by atoms with Crippen LogP contribution in [0, 0.1) is 0 Å². The molecule has 1 unspecified atom stereocenters. The molecule has 0 aromatic heterocycles. The van der Waals surface area contributed by atoms with Crippen molar-refractivity contribution in [1.29, 1.82) is 0 Å². The van der Waals surface area contributed by atoms with Crippen molar-refractivity contribution in [3.63, 3.8) is 0 Å². The Labute approximate surface area is 119 Å². The molecule has 1 aromatic rings. The van der Waals surface area contributed by atoms with E-state index in [0.717, 1.165) is 19.4 Å². The van der Waals surface area contributed by atoms with E-state index in [1.54, 1.807) is 24.3 Å². The molecule has 1 fully saturated rings. The molecule has 1 N–H and O–H groups in total. The van der Waals surface area contributed by atoms with Gasteiger partial charge in [0.1, 0.15) is 4.90 Å². The lowest BCUT2D eigenvalue weighted by molar-refractivity contribution is 0.260. The van der Waals surface area contributed by atoms with Crippen LogP contribution in [0.3, 0.4) is 0 Å². The van der Waals surface area contributed by atoms with E-state index in [0.29, 0.717) is 18.2 Å². The zero-order valence-electron chi connectivity index (χ0n) is 11.2. The zero-order chi connectivity index (χ0) is 14.0. The van der Waals surface area contributed by atoms with Gasteiger partial charge in [-0.1, -0.05) is 18.6 Å². The fraction of sp³-hybridized carbons (Fsp3) is 0.500. The third kappa shape index (κ3) is 2.71. The summed E-state index contributed by atoms with van der Waals surface area (Å²) in [5.74, 6) is 0.233. The van der Waals surface area contributed by atoms with Crippen LogP contribution in [0.25, 0.3) is 0 Å². The standard InChI is InChI=1S/C14H18N2O3S/c17-20(18)13-7-2-1-6-12(13)14(16-20)19-10-8-11-5-3-4-9-15-11/h1-2,6-7,11,15H,3-5,8-10H2. The average Bonchev–Trinajstić information content (AvgIpc) is 2.72. The summed E-state index contributed by atoms with van der Waals surface area (Å²) >= 11 is 0. The molecule has 0 spiro atoms. The summed E-state index contributed by atoms with van der Waals surface area (Å²) in [6.45, 7) is 1.54. The van der Waals surface area contributed by atoms with Gasteiger partial charge >= 0.3 is 0 Å². The van der Waals surface area contributed by atoms with Gasteiger partial charge in [0, 0.05) is 6.04 Å². The molecule has 0 saturated carbocycles. The molecular formula is C14H18N2O3S. The van der Waals surface area contributed by atoms with Crippen LogP contribution in [0.15, 0.2) is 33.6 Å². The molecule has 0 bridgehead atoms. The van der Waals surface area contributed by atoms with Crippen molar-refractivity contribution >= 4 is 15.9 Å². The van der Waals surface area contributed by atoms with Gasteiger partial charge in [-0.3, -0.25) is 0 Å². The third-order valence-corrected chi connectivity index (χ3v) is 5.03. The summed E-state index contributed by atoms with van der Waals surface area (Å²) in [5.41, 5.74) is 0.573. The number of nitrogens with one attached hydrogen (secondary N) is 1. The highest BCUT2D eigenvalue weighted by Crippen LogP contribution is 2.26. The summed E-state index contributed by atoms with van der Waals surface area (Å²) in [6.07, 6.45) is 4.51. The number of ether oxygens (including phenoxy) is 1. The normalized spacial score (nSPS) is 24.0. The highest BCUT2D eigenvalue weighted by molar-refractivity contribution is 7.90. The van der Waals surface area contributed by atoms with E-state index in [1.165, 1.54) is 12.8 Å². The highest BCUT2D eigenvalue weighted by Gasteiger charge is 2.29. The molecule has 20 heavy (non-hydrogen) atoms. The Hall–Kier alpha value is -1.40. The van der Waals surface area contributed by atoms with E-state index in [9.17, 15) is 8.42 Å². The number of fused-ring (bicyclic) bond motifs is 1. The molecule has 2 aliphatic rings. The Kier molecular flexibility index (Phi) is 3.76. The van der Waals surface area contributed by atoms with Crippen LogP contribution < -0.4 is 5.32 Å². The number of piperidine rings is 1. The number of nitrogens with zero attached hydrogens (tertiary/aromatic N) is 1. The molecule has 3 rings (SSSR count). The largest absolute Gasteiger partial charge is 0.477 e. The zero-order valence-corrected chi connectivity index (χ0v) is 12.0. The van der Waals surface area contributed by atoms with Crippen LogP contribution in [0.2, 0.25) is 0 Å². The molecule has 1 aromatic carbocycles. The topological polar surface area (TPSA) is 67.8 Å². The maximum Gasteiger partial charge on any atom is 0.286 e. The Balaban J connectivity index is 1.64. The minimum absolute atomic E-state index is 0.233. The number of hydrogen-bond donors (Lipinski definition) is 1. The summed E-state index contributed by atoms with van der Waals surface area (Å²) in [6, 6.07) is 7.25. The van der Waals surface area contributed by atoms with Crippen molar-refractivity contribution in [2.24, 2.45) is 4.40 Å². The molecule has 1 saturated heterocycles. The van der Waals surface area contributed by atoms with Gasteiger partial charge in [-0.2, -0.15) is 8.42 Å². The Morgan fingerprint density at radius 1 is 1.30 bits per heavy atom. The molecule has 108 valence electrons.